The minimum absolute atomic E-state index is 0.114. The minimum Gasteiger partial charge on any atom is -0.423 e. The second kappa shape index (κ2) is 9.61. The third-order valence-corrected chi connectivity index (χ3v) is 3.82. The molecule has 0 aliphatic carbocycles. The van der Waals surface area contributed by atoms with Crippen LogP contribution in [0.15, 0.2) is 18.2 Å². The highest BCUT2D eigenvalue weighted by Gasteiger charge is 2.24. The Morgan fingerprint density at radius 3 is 2.45 bits per heavy atom. The van der Waals surface area contributed by atoms with Crippen molar-refractivity contribution in [2.75, 3.05) is 5.73 Å². The summed E-state index contributed by atoms with van der Waals surface area (Å²) in [5.41, 5.74) is 12.3. The molecule has 1 rings (SSSR count). The van der Waals surface area contributed by atoms with Crippen molar-refractivity contribution in [3.63, 3.8) is 0 Å². The number of carbonyl (C=O) groups excluding carboxylic acids is 1. The number of unbranched alkanes of at least 4 members (excludes halogenated alkanes) is 5. The maximum Gasteiger partial charge on any atom is 0.489 e. The Morgan fingerprint density at radius 1 is 1.18 bits per heavy atom. The Kier molecular flexibility index (Phi) is 8.16. The molecule has 22 heavy (non-hydrogen) atoms. The maximum absolute atomic E-state index is 12.4. The summed E-state index contributed by atoms with van der Waals surface area (Å²) in [5, 5.41) is 18.7. The second-order valence-electron chi connectivity index (χ2n) is 5.75. The maximum atomic E-state index is 12.4. The average molecular weight is 306 g/mol. The lowest BCUT2D eigenvalue weighted by molar-refractivity contribution is 0.0956. The van der Waals surface area contributed by atoms with Crippen LogP contribution in [0.4, 0.5) is 5.69 Å². The molecule has 0 radical (unpaired) electrons. The van der Waals surface area contributed by atoms with Crippen LogP contribution in [0.1, 0.15) is 62.2 Å². The fraction of sp³-hybridized carbons (Fsp3) is 0.562. The summed E-state index contributed by atoms with van der Waals surface area (Å²) < 4.78 is 0. The summed E-state index contributed by atoms with van der Waals surface area (Å²) in [6.45, 7) is 2.17. The van der Waals surface area contributed by atoms with Gasteiger partial charge < -0.3 is 21.5 Å². The van der Waals surface area contributed by atoms with Gasteiger partial charge in [0.1, 0.15) is 0 Å². The monoisotopic (exact) mass is 306 g/mol. The summed E-state index contributed by atoms with van der Waals surface area (Å²) in [7, 11) is -1.73. The SMILES string of the molecule is CCCCCCCCC(N)C(=O)c1ccc(N)cc1B(O)O. The summed E-state index contributed by atoms with van der Waals surface area (Å²) in [4.78, 5) is 12.4. The molecule has 1 unspecified atom stereocenters. The van der Waals surface area contributed by atoms with E-state index in [0.717, 1.165) is 19.3 Å². The number of nitrogens with two attached hydrogens (primary N) is 2. The quantitative estimate of drug-likeness (QED) is 0.225. The number of nitrogen functional groups attached to an aromatic ring is 1. The molecule has 0 saturated carbocycles. The smallest absolute Gasteiger partial charge is 0.423 e. The van der Waals surface area contributed by atoms with Crippen LogP contribution in [0.3, 0.4) is 0 Å². The molecule has 5 nitrogen and oxygen atoms in total. The van der Waals surface area contributed by atoms with E-state index in [1.807, 2.05) is 0 Å². The molecule has 0 aliphatic heterocycles. The zero-order valence-electron chi connectivity index (χ0n) is 13.3. The van der Waals surface area contributed by atoms with Gasteiger partial charge in [-0.05, 0) is 30.1 Å². The normalized spacial score (nSPS) is 12.2. The van der Waals surface area contributed by atoms with Crippen LogP contribution < -0.4 is 16.9 Å². The standard InChI is InChI=1S/C16H27BN2O3/c1-2-3-4-5-6-7-8-15(19)16(20)13-10-9-12(18)11-14(13)17(21)22/h9-11,15,21-22H,2-8,18-19H2,1H3. The van der Waals surface area contributed by atoms with E-state index in [1.165, 1.54) is 31.4 Å². The third kappa shape index (κ3) is 5.79. The van der Waals surface area contributed by atoms with Gasteiger partial charge >= 0.3 is 7.12 Å². The summed E-state index contributed by atoms with van der Waals surface area (Å²) >= 11 is 0. The van der Waals surface area contributed by atoms with Gasteiger partial charge in [-0.25, -0.2) is 0 Å². The minimum atomic E-state index is -1.73. The Balaban J connectivity index is 2.56. The van der Waals surface area contributed by atoms with Crippen LogP contribution in [0, 0.1) is 0 Å². The Morgan fingerprint density at radius 2 is 1.82 bits per heavy atom. The average Bonchev–Trinajstić information content (AvgIpc) is 2.49. The first-order valence-electron chi connectivity index (χ1n) is 8.02. The molecule has 0 aliphatic rings. The van der Waals surface area contributed by atoms with Crippen LogP contribution in [0.25, 0.3) is 0 Å². The van der Waals surface area contributed by atoms with Crippen molar-refractivity contribution in [3.8, 4) is 0 Å². The van der Waals surface area contributed by atoms with Crippen LogP contribution in [0.2, 0.25) is 0 Å². The molecule has 0 aromatic heterocycles. The highest BCUT2D eigenvalue weighted by Crippen LogP contribution is 2.12. The highest BCUT2D eigenvalue weighted by molar-refractivity contribution is 6.60. The largest absolute Gasteiger partial charge is 0.489 e. The Labute approximate surface area is 132 Å². The van der Waals surface area contributed by atoms with Crippen LogP contribution in [0.5, 0.6) is 0 Å². The topological polar surface area (TPSA) is 110 Å². The molecular weight excluding hydrogens is 279 g/mol. The summed E-state index contributed by atoms with van der Waals surface area (Å²) in [6, 6.07) is 3.85. The molecule has 1 aromatic carbocycles. The van der Waals surface area contributed by atoms with E-state index in [1.54, 1.807) is 6.07 Å². The fourth-order valence-electron chi connectivity index (χ4n) is 2.49. The van der Waals surface area contributed by atoms with Crippen LogP contribution in [-0.4, -0.2) is 29.0 Å². The van der Waals surface area contributed by atoms with E-state index >= 15 is 0 Å². The van der Waals surface area contributed by atoms with Gasteiger partial charge in [-0.15, -0.1) is 0 Å². The highest BCUT2D eigenvalue weighted by atomic mass is 16.4. The van der Waals surface area contributed by atoms with Gasteiger partial charge in [0.15, 0.2) is 5.78 Å². The lowest BCUT2D eigenvalue weighted by atomic mass is 9.75. The molecule has 1 aromatic rings. The molecule has 6 N–H and O–H groups in total. The summed E-state index contributed by atoms with van der Waals surface area (Å²) in [6.07, 6.45) is 7.42. The van der Waals surface area contributed by atoms with Crippen molar-refractivity contribution in [1.29, 1.82) is 0 Å². The van der Waals surface area contributed by atoms with E-state index in [0.29, 0.717) is 12.1 Å². The van der Waals surface area contributed by atoms with Gasteiger partial charge in [0, 0.05) is 11.3 Å². The molecular formula is C16H27BN2O3. The number of hydrogen-bond acceptors (Lipinski definition) is 5. The predicted octanol–water partition coefficient (Wildman–Crippen LogP) is 1.21. The molecule has 0 bridgehead atoms. The molecule has 1 atom stereocenters. The Hall–Kier alpha value is -1.37. The van der Waals surface area contributed by atoms with Crippen LogP contribution >= 0.6 is 0 Å². The number of anilines is 1. The van der Waals surface area contributed by atoms with Gasteiger partial charge in [0.25, 0.3) is 0 Å². The van der Waals surface area contributed by atoms with E-state index in [-0.39, 0.29) is 16.8 Å². The zero-order chi connectivity index (χ0) is 16.5. The van der Waals surface area contributed by atoms with Gasteiger partial charge in [-0.2, -0.15) is 0 Å². The number of ketones is 1. The second-order valence-corrected chi connectivity index (χ2v) is 5.75. The van der Waals surface area contributed by atoms with Crippen molar-refractivity contribution in [2.24, 2.45) is 5.73 Å². The van der Waals surface area contributed by atoms with Crippen molar-refractivity contribution in [1.82, 2.24) is 0 Å². The van der Waals surface area contributed by atoms with Gasteiger partial charge in [-0.3, -0.25) is 4.79 Å². The molecule has 0 saturated heterocycles. The lowest BCUT2D eigenvalue weighted by Crippen LogP contribution is -2.40. The number of hydrogen-bond donors (Lipinski definition) is 4. The van der Waals surface area contributed by atoms with Gasteiger partial charge in [0.2, 0.25) is 0 Å². The molecule has 0 heterocycles. The third-order valence-electron chi connectivity index (χ3n) is 3.82. The number of carbonyl (C=O) groups is 1. The van der Waals surface area contributed by atoms with Crippen LogP contribution in [-0.2, 0) is 0 Å². The van der Waals surface area contributed by atoms with E-state index in [9.17, 15) is 14.8 Å². The van der Waals surface area contributed by atoms with Gasteiger partial charge in [-0.1, -0.05) is 45.4 Å². The first-order chi connectivity index (χ1) is 10.5. The molecule has 0 fully saturated rings. The lowest BCUT2D eigenvalue weighted by Gasteiger charge is -2.14. The zero-order valence-corrected chi connectivity index (χ0v) is 13.3. The van der Waals surface area contributed by atoms with Crippen molar-refractivity contribution < 1.29 is 14.8 Å². The van der Waals surface area contributed by atoms with Crippen molar-refractivity contribution in [2.45, 2.75) is 57.9 Å². The predicted molar refractivity (Wildman–Crippen MR) is 91.0 cm³/mol. The van der Waals surface area contributed by atoms with Crippen molar-refractivity contribution >= 4 is 24.1 Å². The number of Topliss-reactive ketones (excluding diaryl/α,β-unsaturated/α-hetero) is 1. The molecule has 122 valence electrons. The van der Waals surface area contributed by atoms with Crippen molar-refractivity contribution in [3.05, 3.63) is 23.8 Å². The summed E-state index contributed by atoms with van der Waals surface area (Å²) in [5.74, 6) is -0.267. The molecule has 0 spiro atoms. The number of rotatable bonds is 10. The fourth-order valence-corrected chi connectivity index (χ4v) is 2.49. The van der Waals surface area contributed by atoms with E-state index < -0.39 is 13.2 Å². The van der Waals surface area contributed by atoms with E-state index in [2.05, 4.69) is 6.92 Å². The van der Waals surface area contributed by atoms with Gasteiger partial charge in [0.05, 0.1) is 6.04 Å². The van der Waals surface area contributed by atoms with E-state index in [4.69, 9.17) is 11.5 Å². The first-order valence-corrected chi connectivity index (χ1v) is 8.02. The Bertz CT molecular complexity index is 480. The number of benzene rings is 1. The first kappa shape index (κ1) is 18.7. The molecule has 6 heteroatoms. The molecule has 0 amide bonds.